The van der Waals surface area contributed by atoms with Gasteiger partial charge in [0, 0.05) is 43.0 Å². The van der Waals surface area contributed by atoms with Crippen molar-refractivity contribution in [1.82, 2.24) is 14.8 Å². The van der Waals surface area contributed by atoms with Gasteiger partial charge in [-0.1, -0.05) is 40.2 Å². The zero-order valence-corrected chi connectivity index (χ0v) is 20.3. The summed E-state index contributed by atoms with van der Waals surface area (Å²) < 4.78 is 24.5. The van der Waals surface area contributed by atoms with Gasteiger partial charge in [0.05, 0.1) is 13.7 Å². The molecule has 1 aromatic heterocycles. The number of piperazine rings is 1. The molecule has 0 spiro atoms. The maximum absolute atomic E-state index is 13.5. The van der Waals surface area contributed by atoms with Gasteiger partial charge in [-0.25, -0.2) is 14.2 Å². The molecule has 2 aromatic carbocycles. The Hall–Kier alpha value is -3.04. The van der Waals surface area contributed by atoms with Crippen LogP contribution in [0.1, 0.15) is 39.8 Å². The van der Waals surface area contributed by atoms with Crippen LogP contribution in [-0.4, -0.2) is 59.9 Å². The maximum Gasteiger partial charge on any atom is 0.360 e. The van der Waals surface area contributed by atoms with Crippen molar-refractivity contribution in [2.45, 2.75) is 18.9 Å². The van der Waals surface area contributed by atoms with E-state index in [2.05, 4.69) is 30.6 Å². The van der Waals surface area contributed by atoms with Gasteiger partial charge in [0.1, 0.15) is 12.1 Å². The number of carbonyl (C=O) groups excluding carboxylic acids is 2. The van der Waals surface area contributed by atoms with Gasteiger partial charge < -0.3 is 14.1 Å². The van der Waals surface area contributed by atoms with Crippen molar-refractivity contribution in [1.29, 1.82) is 0 Å². The SMILES string of the molecule is COC(=O)c1coc(CN2CCN(C(=O)CC(c3ccc(F)cc3)c3ccc(Br)cc3)CC2)n1. The summed E-state index contributed by atoms with van der Waals surface area (Å²) in [5, 5.41) is 0. The molecule has 0 N–H and O–H groups in total. The predicted octanol–water partition coefficient (Wildman–Crippen LogP) is 4.23. The van der Waals surface area contributed by atoms with Gasteiger partial charge in [0.2, 0.25) is 11.8 Å². The predicted molar refractivity (Wildman–Crippen MR) is 127 cm³/mol. The summed E-state index contributed by atoms with van der Waals surface area (Å²) in [6.45, 7) is 2.96. The third-order valence-corrected chi connectivity index (χ3v) is 6.48. The van der Waals surface area contributed by atoms with Gasteiger partial charge in [-0.3, -0.25) is 9.69 Å². The zero-order valence-electron chi connectivity index (χ0n) is 18.7. The van der Waals surface area contributed by atoms with E-state index in [0.29, 0.717) is 45.0 Å². The number of ether oxygens (including phenoxy) is 1. The van der Waals surface area contributed by atoms with Crippen molar-refractivity contribution in [3.8, 4) is 0 Å². The number of hydrogen-bond donors (Lipinski definition) is 0. The number of methoxy groups -OCH3 is 1. The Balaban J connectivity index is 1.38. The molecule has 1 unspecified atom stereocenters. The minimum atomic E-state index is -0.535. The third kappa shape index (κ3) is 5.90. The quantitative estimate of drug-likeness (QED) is 0.426. The van der Waals surface area contributed by atoms with Crippen LogP contribution < -0.4 is 0 Å². The van der Waals surface area contributed by atoms with Gasteiger partial charge in [-0.05, 0) is 35.4 Å². The molecule has 178 valence electrons. The Morgan fingerprint density at radius 2 is 1.68 bits per heavy atom. The van der Waals surface area contributed by atoms with E-state index in [1.165, 1.54) is 25.5 Å². The second-order valence-corrected chi connectivity index (χ2v) is 9.05. The van der Waals surface area contributed by atoms with Gasteiger partial charge in [0.15, 0.2) is 5.69 Å². The number of hydrogen-bond acceptors (Lipinski definition) is 6. The van der Waals surface area contributed by atoms with E-state index in [9.17, 15) is 14.0 Å². The van der Waals surface area contributed by atoms with Crippen LogP contribution in [0.2, 0.25) is 0 Å². The average molecular weight is 530 g/mol. The van der Waals surface area contributed by atoms with Crippen LogP contribution in [0.5, 0.6) is 0 Å². The first-order valence-corrected chi connectivity index (χ1v) is 11.8. The van der Waals surface area contributed by atoms with Crippen molar-refractivity contribution >= 4 is 27.8 Å². The van der Waals surface area contributed by atoms with Crippen molar-refractivity contribution in [2.75, 3.05) is 33.3 Å². The summed E-state index contributed by atoms with van der Waals surface area (Å²) in [6.07, 6.45) is 1.59. The van der Waals surface area contributed by atoms with Crippen LogP contribution in [-0.2, 0) is 16.1 Å². The van der Waals surface area contributed by atoms with E-state index in [1.54, 1.807) is 12.1 Å². The van der Waals surface area contributed by atoms with Crippen molar-refractivity contribution in [2.24, 2.45) is 0 Å². The Morgan fingerprint density at radius 3 is 2.29 bits per heavy atom. The van der Waals surface area contributed by atoms with Crippen LogP contribution >= 0.6 is 15.9 Å². The number of carbonyl (C=O) groups is 2. The van der Waals surface area contributed by atoms with E-state index in [1.807, 2.05) is 29.2 Å². The molecule has 2 heterocycles. The number of amides is 1. The van der Waals surface area contributed by atoms with Gasteiger partial charge in [0.25, 0.3) is 0 Å². The van der Waals surface area contributed by atoms with Gasteiger partial charge >= 0.3 is 5.97 Å². The lowest BCUT2D eigenvalue weighted by Crippen LogP contribution is -2.48. The van der Waals surface area contributed by atoms with Crippen molar-refractivity contribution < 1.29 is 23.1 Å². The highest BCUT2D eigenvalue weighted by molar-refractivity contribution is 9.10. The second-order valence-electron chi connectivity index (χ2n) is 8.13. The first kappa shape index (κ1) is 24.1. The lowest BCUT2D eigenvalue weighted by atomic mass is 9.88. The first-order chi connectivity index (χ1) is 16.4. The van der Waals surface area contributed by atoms with Crippen LogP contribution in [0.4, 0.5) is 4.39 Å². The number of nitrogens with zero attached hydrogens (tertiary/aromatic N) is 3. The number of oxazole rings is 1. The third-order valence-electron chi connectivity index (χ3n) is 5.95. The van der Waals surface area contributed by atoms with Gasteiger partial charge in [-0.2, -0.15) is 0 Å². The minimum absolute atomic E-state index is 0.0565. The molecule has 1 saturated heterocycles. The number of rotatable bonds is 7. The molecule has 0 radical (unpaired) electrons. The highest BCUT2D eigenvalue weighted by atomic mass is 79.9. The average Bonchev–Trinajstić information content (AvgIpc) is 3.32. The highest BCUT2D eigenvalue weighted by Gasteiger charge is 2.26. The summed E-state index contributed by atoms with van der Waals surface area (Å²) in [5.41, 5.74) is 2.05. The number of benzene rings is 2. The lowest BCUT2D eigenvalue weighted by molar-refractivity contribution is -0.133. The molecule has 9 heteroatoms. The molecule has 7 nitrogen and oxygen atoms in total. The molecule has 34 heavy (non-hydrogen) atoms. The summed E-state index contributed by atoms with van der Waals surface area (Å²) >= 11 is 3.45. The maximum atomic E-state index is 13.5. The second kappa shape index (κ2) is 10.9. The number of aromatic nitrogens is 1. The Kier molecular flexibility index (Phi) is 7.74. The summed E-state index contributed by atoms with van der Waals surface area (Å²) in [7, 11) is 1.30. The van der Waals surface area contributed by atoms with E-state index in [-0.39, 0.29) is 23.3 Å². The first-order valence-electron chi connectivity index (χ1n) is 11.0. The molecule has 0 saturated carbocycles. The summed E-state index contributed by atoms with van der Waals surface area (Å²) in [4.78, 5) is 32.9. The fraction of sp³-hybridized carbons (Fsp3) is 0.320. The molecule has 1 aliphatic rings. The minimum Gasteiger partial charge on any atom is -0.464 e. The Labute approximate surface area is 205 Å². The largest absolute Gasteiger partial charge is 0.464 e. The fourth-order valence-corrected chi connectivity index (χ4v) is 4.31. The molecular weight excluding hydrogens is 505 g/mol. The van der Waals surface area contributed by atoms with E-state index < -0.39 is 5.97 Å². The molecule has 1 aliphatic heterocycles. The molecular formula is C25H25BrFN3O4. The topological polar surface area (TPSA) is 75.9 Å². The van der Waals surface area contributed by atoms with Crippen LogP contribution in [0.3, 0.4) is 0 Å². The summed E-state index contributed by atoms with van der Waals surface area (Å²) in [6, 6.07) is 14.2. The highest BCUT2D eigenvalue weighted by Crippen LogP contribution is 2.30. The van der Waals surface area contributed by atoms with E-state index >= 15 is 0 Å². The smallest absolute Gasteiger partial charge is 0.360 e. The molecule has 4 rings (SSSR count). The van der Waals surface area contributed by atoms with Gasteiger partial charge in [-0.15, -0.1) is 0 Å². The monoisotopic (exact) mass is 529 g/mol. The van der Waals surface area contributed by atoms with Crippen molar-refractivity contribution in [3.63, 3.8) is 0 Å². The van der Waals surface area contributed by atoms with Crippen LogP contribution in [0, 0.1) is 5.82 Å². The normalized spacial score (nSPS) is 15.2. The van der Waals surface area contributed by atoms with E-state index in [4.69, 9.17) is 4.42 Å². The van der Waals surface area contributed by atoms with E-state index in [0.717, 1.165) is 15.6 Å². The Bertz CT molecular complexity index is 1080. The Morgan fingerprint density at radius 1 is 1.06 bits per heavy atom. The molecule has 1 fully saturated rings. The lowest BCUT2D eigenvalue weighted by Gasteiger charge is -2.35. The standard InChI is InChI=1S/C25H25BrFN3O4/c1-33-25(32)22-16-34-23(28-22)15-29-10-12-30(13-11-29)24(31)14-21(17-2-6-19(26)7-3-17)18-4-8-20(27)9-5-18/h2-9,16,21H,10-15H2,1H3. The summed E-state index contributed by atoms with van der Waals surface area (Å²) in [5.74, 6) is -0.506. The molecule has 0 aliphatic carbocycles. The van der Waals surface area contributed by atoms with Crippen LogP contribution in [0.15, 0.2) is 63.7 Å². The fourth-order valence-electron chi connectivity index (χ4n) is 4.05. The van der Waals surface area contributed by atoms with Crippen molar-refractivity contribution in [3.05, 3.63) is 87.8 Å². The molecule has 1 atom stereocenters. The number of halogens is 2. The molecule has 3 aromatic rings. The molecule has 1 amide bonds. The molecule has 0 bridgehead atoms. The zero-order chi connectivity index (χ0) is 24.1. The van der Waals surface area contributed by atoms with Crippen LogP contribution in [0.25, 0.3) is 0 Å². The number of esters is 1.